The molecule has 51 heavy (non-hydrogen) atoms. The van der Waals surface area contributed by atoms with Crippen molar-refractivity contribution in [2.75, 3.05) is 56.2 Å². The molecule has 1 saturated heterocycles. The first kappa shape index (κ1) is 34.5. The van der Waals surface area contributed by atoms with Crippen molar-refractivity contribution in [1.82, 2.24) is 9.88 Å². The molecule has 0 spiro atoms. The van der Waals surface area contributed by atoms with Gasteiger partial charge in [0.1, 0.15) is 34.0 Å². The van der Waals surface area contributed by atoms with E-state index in [2.05, 4.69) is 11.1 Å². The van der Waals surface area contributed by atoms with Gasteiger partial charge < -0.3 is 28.7 Å². The number of anilines is 2. The van der Waals surface area contributed by atoms with Crippen molar-refractivity contribution in [1.29, 1.82) is 10.5 Å². The fourth-order valence-corrected chi connectivity index (χ4v) is 7.84. The standard InChI is InChI=1S/C36H32N6O8S/c1-4-49-30-10-6-5-9-27(30)36(50-35(44)41-18-16-40(17-19-41)33-25(23-38)8-7-15-39-33)28-20-24(22-37)11-13-29(28)42(34(36)43)51(45,46)32-14-12-26(47-2)21-31(32)48-3/h5-15,20-21H,4,16-19H2,1-3H3. The third-order valence-corrected chi connectivity index (χ3v) is 10.4. The quantitative estimate of drug-likeness (QED) is 0.243. The molecule has 1 atom stereocenters. The van der Waals surface area contributed by atoms with Crippen LogP contribution in [0.5, 0.6) is 17.2 Å². The van der Waals surface area contributed by atoms with Crippen LogP contribution in [0.15, 0.2) is 83.9 Å². The first-order valence-corrected chi connectivity index (χ1v) is 17.2. The lowest BCUT2D eigenvalue weighted by Gasteiger charge is -2.37. The van der Waals surface area contributed by atoms with Gasteiger partial charge in [-0.05, 0) is 55.5 Å². The van der Waals surface area contributed by atoms with Gasteiger partial charge in [0.25, 0.3) is 15.9 Å². The van der Waals surface area contributed by atoms with E-state index in [9.17, 15) is 23.7 Å². The first-order valence-electron chi connectivity index (χ1n) is 15.8. The summed E-state index contributed by atoms with van der Waals surface area (Å²) in [4.78, 5) is 36.6. The molecule has 4 aromatic rings. The lowest BCUT2D eigenvalue weighted by Crippen LogP contribution is -2.53. The van der Waals surface area contributed by atoms with Crippen molar-refractivity contribution >= 4 is 33.5 Å². The Morgan fingerprint density at radius 1 is 0.902 bits per heavy atom. The number of carbonyl (C=O) groups excluding carboxylic acids is 2. The number of pyridine rings is 1. The third kappa shape index (κ3) is 5.87. The van der Waals surface area contributed by atoms with Crippen molar-refractivity contribution < 1.29 is 37.0 Å². The van der Waals surface area contributed by atoms with Crippen LogP contribution in [0.1, 0.15) is 29.2 Å². The molecule has 1 fully saturated rings. The molecule has 0 radical (unpaired) electrons. The predicted octanol–water partition coefficient (Wildman–Crippen LogP) is 4.18. The summed E-state index contributed by atoms with van der Waals surface area (Å²) in [5.74, 6) is -0.254. The molecular formula is C36H32N6O8S. The monoisotopic (exact) mass is 708 g/mol. The molecule has 6 rings (SSSR count). The molecule has 2 amide bonds. The van der Waals surface area contributed by atoms with Crippen LogP contribution in [0.4, 0.5) is 16.3 Å². The number of para-hydroxylation sites is 1. The minimum absolute atomic E-state index is 0.0473. The van der Waals surface area contributed by atoms with Crippen molar-refractivity contribution in [3.05, 3.63) is 101 Å². The number of carbonyl (C=O) groups is 2. The topological polar surface area (TPSA) is 175 Å². The van der Waals surface area contributed by atoms with Gasteiger partial charge in [-0.15, -0.1) is 0 Å². The van der Waals surface area contributed by atoms with Crippen molar-refractivity contribution in [2.45, 2.75) is 17.4 Å². The summed E-state index contributed by atoms with van der Waals surface area (Å²) in [6.45, 7) is 2.76. The van der Waals surface area contributed by atoms with E-state index in [1.165, 1.54) is 61.6 Å². The first-order chi connectivity index (χ1) is 24.6. The predicted molar refractivity (Wildman–Crippen MR) is 183 cm³/mol. The minimum Gasteiger partial charge on any atom is -0.497 e. The van der Waals surface area contributed by atoms with Crippen molar-refractivity contribution in [2.24, 2.45) is 0 Å². The van der Waals surface area contributed by atoms with E-state index in [0.717, 1.165) is 0 Å². The highest BCUT2D eigenvalue weighted by Gasteiger charge is 2.61. The summed E-state index contributed by atoms with van der Waals surface area (Å²) in [5, 5.41) is 19.5. The lowest BCUT2D eigenvalue weighted by molar-refractivity contribution is -0.132. The summed E-state index contributed by atoms with van der Waals surface area (Å²) in [7, 11) is -2.07. The molecule has 15 heteroatoms. The van der Waals surface area contributed by atoms with Crippen molar-refractivity contribution in [3.8, 4) is 29.4 Å². The average molecular weight is 709 g/mol. The third-order valence-electron chi connectivity index (χ3n) is 8.65. The number of benzene rings is 3. The van der Waals surface area contributed by atoms with Gasteiger partial charge in [0, 0.05) is 44.0 Å². The number of amides is 2. The number of nitrogens with zero attached hydrogens (tertiary/aromatic N) is 6. The number of nitriles is 2. The van der Waals surface area contributed by atoms with E-state index < -0.39 is 27.6 Å². The van der Waals surface area contributed by atoms with E-state index in [1.807, 2.05) is 11.0 Å². The normalized spacial score (nSPS) is 16.9. The second-order valence-corrected chi connectivity index (χ2v) is 13.1. The lowest BCUT2D eigenvalue weighted by atomic mass is 9.85. The molecular weight excluding hydrogens is 676 g/mol. The fourth-order valence-electron chi connectivity index (χ4n) is 6.24. The van der Waals surface area contributed by atoms with E-state index in [0.29, 0.717) is 34.5 Å². The second-order valence-electron chi connectivity index (χ2n) is 11.4. The highest BCUT2D eigenvalue weighted by Crippen LogP contribution is 2.52. The molecule has 0 aliphatic carbocycles. The molecule has 3 aromatic carbocycles. The number of sulfonamides is 1. The van der Waals surface area contributed by atoms with E-state index in [4.69, 9.17) is 18.9 Å². The number of hydrogen-bond acceptors (Lipinski definition) is 12. The van der Waals surface area contributed by atoms with Crippen molar-refractivity contribution in [3.63, 3.8) is 0 Å². The Labute approximate surface area is 294 Å². The summed E-state index contributed by atoms with van der Waals surface area (Å²) in [6.07, 6.45) is 0.668. The molecule has 0 saturated carbocycles. The molecule has 0 bridgehead atoms. The number of fused-ring (bicyclic) bond motifs is 1. The van der Waals surface area contributed by atoms with Crippen LogP contribution >= 0.6 is 0 Å². The second kappa shape index (κ2) is 13.9. The molecule has 0 N–H and O–H groups in total. The Hall–Kier alpha value is -6.32. The van der Waals surface area contributed by atoms with Gasteiger partial charge in [0.15, 0.2) is 0 Å². The van der Waals surface area contributed by atoms with Gasteiger partial charge in [0.05, 0.1) is 49.3 Å². The van der Waals surface area contributed by atoms with Crippen LogP contribution in [-0.4, -0.2) is 77.3 Å². The number of methoxy groups -OCH3 is 2. The summed E-state index contributed by atoms with van der Waals surface area (Å²) >= 11 is 0. The fraction of sp³-hybridized carbons (Fsp3) is 0.250. The maximum absolute atomic E-state index is 15.1. The molecule has 2 aliphatic heterocycles. The Balaban J connectivity index is 1.48. The zero-order chi connectivity index (χ0) is 36.3. The largest absolute Gasteiger partial charge is 0.497 e. The number of rotatable bonds is 9. The minimum atomic E-state index is -4.76. The average Bonchev–Trinajstić information content (AvgIpc) is 3.41. The molecule has 1 unspecified atom stereocenters. The van der Waals surface area contributed by atoms with Gasteiger partial charge in [-0.1, -0.05) is 18.2 Å². The maximum atomic E-state index is 15.1. The molecule has 2 aliphatic rings. The molecule has 14 nitrogen and oxygen atoms in total. The zero-order valence-electron chi connectivity index (χ0n) is 27.9. The Kier molecular flexibility index (Phi) is 9.41. The van der Waals surface area contributed by atoms with Gasteiger partial charge in [-0.25, -0.2) is 18.2 Å². The summed E-state index contributed by atoms with van der Waals surface area (Å²) in [6, 6.07) is 21.9. The maximum Gasteiger partial charge on any atom is 0.411 e. The Bertz CT molecular complexity index is 2210. The van der Waals surface area contributed by atoms with Gasteiger partial charge >= 0.3 is 6.09 Å². The van der Waals surface area contributed by atoms with Crippen LogP contribution < -0.4 is 23.4 Å². The van der Waals surface area contributed by atoms with Gasteiger partial charge in [-0.2, -0.15) is 14.8 Å². The van der Waals surface area contributed by atoms with Crippen LogP contribution in [0.25, 0.3) is 0 Å². The Morgan fingerprint density at radius 2 is 1.67 bits per heavy atom. The van der Waals surface area contributed by atoms with Crippen LogP contribution in [0.2, 0.25) is 0 Å². The van der Waals surface area contributed by atoms with E-state index in [1.54, 1.807) is 43.5 Å². The molecule has 3 heterocycles. The van der Waals surface area contributed by atoms with Gasteiger partial charge in [0.2, 0.25) is 5.60 Å². The number of hydrogen-bond donors (Lipinski definition) is 0. The molecule has 260 valence electrons. The SMILES string of the molecule is CCOc1ccccc1C1(OC(=O)N2CCN(c3ncccc3C#N)CC2)C(=O)N(S(=O)(=O)c2ccc(OC)cc2OC)c2ccc(C#N)cc21. The van der Waals surface area contributed by atoms with E-state index in [-0.39, 0.29) is 58.5 Å². The van der Waals surface area contributed by atoms with Crippen LogP contribution in [0.3, 0.4) is 0 Å². The summed E-state index contributed by atoms with van der Waals surface area (Å²) in [5.41, 5.74) is -2.05. The molecule has 1 aromatic heterocycles. The zero-order valence-corrected chi connectivity index (χ0v) is 28.7. The van der Waals surface area contributed by atoms with Crippen LogP contribution in [-0.2, 0) is 25.2 Å². The van der Waals surface area contributed by atoms with Gasteiger partial charge in [-0.3, -0.25) is 4.79 Å². The number of piperazine rings is 1. The highest BCUT2D eigenvalue weighted by molar-refractivity contribution is 7.93. The Morgan fingerprint density at radius 3 is 2.35 bits per heavy atom. The highest BCUT2D eigenvalue weighted by atomic mass is 32.2. The summed E-state index contributed by atoms with van der Waals surface area (Å²) < 4.78 is 52.6. The number of aromatic nitrogens is 1. The number of ether oxygens (including phenoxy) is 4. The van der Waals surface area contributed by atoms with E-state index >= 15 is 4.79 Å². The van der Waals surface area contributed by atoms with Crippen LogP contribution in [0, 0.1) is 22.7 Å². The smallest absolute Gasteiger partial charge is 0.411 e.